The van der Waals surface area contributed by atoms with Crippen LogP contribution in [0.5, 0.6) is 0 Å². The molecule has 0 amide bonds. The maximum absolute atomic E-state index is 4.16. The highest BCUT2D eigenvalue weighted by Crippen LogP contribution is 2.14. The highest BCUT2D eigenvalue weighted by atomic mass is 32.2. The van der Waals surface area contributed by atoms with Gasteiger partial charge in [0.1, 0.15) is 5.03 Å². The number of nitrogens with zero attached hydrogens (tertiary/aromatic N) is 5. The quantitative estimate of drug-likeness (QED) is 0.475. The van der Waals surface area contributed by atoms with Crippen molar-refractivity contribution >= 4 is 17.5 Å². The summed E-state index contributed by atoms with van der Waals surface area (Å²) in [6.45, 7) is 1.92. The van der Waals surface area contributed by atoms with Crippen molar-refractivity contribution in [3.8, 4) is 0 Å². The first-order valence-corrected chi connectivity index (χ1v) is 4.63. The van der Waals surface area contributed by atoms with Gasteiger partial charge in [-0.25, -0.2) is 4.98 Å². The summed E-state index contributed by atoms with van der Waals surface area (Å²) in [5.41, 5.74) is 0.932. The molecule has 2 heterocycles. The summed E-state index contributed by atoms with van der Waals surface area (Å²) in [7, 11) is 0. The molecule has 2 rings (SSSR count). The molecule has 0 radical (unpaired) electrons. The minimum Gasteiger partial charge on any atom is -0.215 e. The van der Waals surface area contributed by atoms with Crippen LogP contribution in [0.4, 0.5) is 0 Å². The first-order chi connectivity index (χ1) is 5.81. The third-order valence-corrected chi connectivity index (χ3v) is 2.19. The van der Waals surface area contributed by atoms with Crippen LogP contribution in [0.3, 0.4) is 0 Å². The molecule has 12 heavy (non-hydrogen) atoms. The molecule has 0 atom stereocenters. The number of aromatic nitrogens is 5. The van der Waals surface area contributed by atoms with Gasteiger partial charge in [-0.05, 0) is 29.7 Å². The second-order valence-electron chi connectivity index (χ2n) is 2.33. The number of aryl methyl sites for hydroxylation is 1. The molecule has 0 saturated heterocycles. The molecule has 2 aromatic heterocycles. The Labute approximate surface area is 73.2 Å². The second-order valence-corrected chi connectivity index (χ2v) is 3.16. The highest BCUT2D eigenvalue weighted by Gasteiger charge is 2.04. The number of rotatable bonds is 1. The number of fused-ring (bicyclic) bond motifs is 1. The summed E-state index contributed by atoms with van der Waals surface area (Å²) in [6, 6.07) is 1.95. The fraction of sp³-hybridized carbons (Fsp3) is 0.333. The first-order valence-electron chi connectivity index (χ1n) is 3.41. The fourth-order valence-electron chi connectivity index (χ4n) is 0.970. The maximum atomic E-state index is 4.16. The molecular formula is C6H7N5S. The third kappa shape index (κ3) is 1.04. The van der Waals surface area contributed by atoms with Crippen molar-refractivity contribution in [2.24, 2.45) is 0 Å². The zero-order chi connectivity index (χ0) is 8.55. The van der Waals surface area contributed by atoms with E-state index in [2.05, 4.69) is 20.5 Å². The van der Waals surface area contributed by atoms with E-state index in [1.54, 1.807) is 16.3 Å². The topological polar surface area (TPSA) is 56.0 Å². The largest absolute Gasteiger partial charge is 0.274 e. The van der Waals surface area contributed by atoms with Gasteiger partial charge in [0.15, 0.2) is 0 Å². The van der Waals surface area contributed by atoms with Crippen molar-refractivity contribution in [2.45, 2.75) is 11.9 Å². The van der Waals surface area contributed by atoms with Crippen LogP contribution in [0.25, 0.3) is 5.78 Å². The number of hydrogen-bond donors (Lipinski definition) is 0. The van der Waals surface area contributed by atoms with E-state index in [9.17, 15) is 0 Å². The van der Waals surface area contributed by atoms with Crippen molar-refractivity contribution < 1.29 is 0 Å². The minimum absolute atomic E-state index is 0.555. The van der Waals surface area contributed by atoms with E-state index in [0.29, 0.717) is 5.78 Å². The van der Waals surface area contributed by atoms with E-state index in [1.165, 1.54) is 0 Å². The van der Waals surface area contributed by atoms with Gasteiger partial charge in [-0.1, -0.05) is 5.10 Å². The molecule has 0 bridgehead atoms. The Hall–Kier alpha value is -1.17. The monoisotopic (exact) mass is 181 g/mol. The lowest BCUT2D eigenvalue weighted by Crippen LogP contribution is -1.96. The first kappa shape index (κ1) is 7.48. The molecule has 6 heteroatoms. The standard InChI is InChI=1S/C6H7N5S/c1-4-3-5(12-2)11-6(7-4)8-9-10-11/h3H,1-2H3. The minimum atomic E-state index is 0.555. The van der Waals surface area contributed by atoms with Crippen LogP contribution in [-0.2, 0) is 0 Å². The van der Waals surface area contributed by atoms with Gasteiger partial charge in [0, 0.05) is 5.69 Å². The zero-order valence-corrected chi connectivity index (χ0v) is 7.54. The van der Waals surface area contributed by atoms with Crippen molar-refractivity contribution in [2.75, 3.05) is 6.26 Å². The summed E-state index contributed by atoms with van der Waals surface area (Å²) in [4.78, 5) is 4.16. The lowest BCUT2D eigenvalue weighted by Gasteiger charge is -1.98. The Morgan fingerprint density at radius 1 is 1.50 bits per heavy atom. The fourth-order valence-corrected chi connectivity index (χ4v) is 1.55. The summed E-state index contributed by atoms with van der Waals surface area (Å²) in [5.74, 6) is 0.555. The van der Waals surface area contributed by atoms with Crippen LogP contribution in [0, 0.1) is 6.92 Å². The SMILES string of the molecule is CSc1cc(C)nc2nnnn12. The molecule has 0 aliphatic heterocycles. The molecular weight excluding hydrogens is 174 g/mol. The van der Waals surface area contributed by atoms with Gasteiger partial charge in [-0.3, -0.25) is 0 Å². The van der Waals surface area contributed by atoms with Crippen LogP contribution in [0.15, 0.2) is 11.1 Å². The Balaban J connectivity index is 2.80. The zero-order valence-electron chi connectivity index (χ0n) is 6.72. The predicted molar refractivity (Wildman–Crippen MR) is 45.1 cm³/mol. The average molecular weight is 181 g/mol. The van der Waals surface area contributed by atoms with Crippen molar-refractivity contribution in [1.82, 2.24) is 25.0 Å². The van der Waals surface area contributed by atoms with E-state index in [4.69, 9.17) is 0 Å². The average Bonchev–Trinajstić information content (AvgIpc) is 2.50. The molecule has 0 aromatic carbocycles. The van der Waals surface area contributed by atoms with Gasteiger partial charge in [0.05, 0.1) is 0 Å². The molecule has 0 N–H and O–H groups in total. The summed E-state index contributed by atoms with van der Waals surface area (Å²) in [6.07, 6.45) is 1.98. The van der Waals surface area contributed by atoms with E-state index in [-0.39, 0.29) is 0 Å². The van der Waals surface area contributed by atoms with Crippen LogP contribution in [0.2, 0.25) is 0 Å². The van der Waals surface area contributed by atoms with Crippen LogP contribution in [-0.4, -0.2) is 31.3 Å². The van der Waals surface area contributed by atoms with Gasteiger partial charge < -0.3 is 0 Å². The normalized spacial score (nSPS) is 10.8. The molecule has 62 valence electrons. The lowest BCUT2D eigenvalue weighted by atomic mass is 10.5. The molecule has 0 aliphatic carbocycles. The summed E-state index contributed by atoms with van der Waals surface area (Å²) >= 11 is 1.60. The summed E-state index contributed by atoms with van der Waals surface area (Å²) in [5, 5.41) is 12.1. The van der Waals surface area contributed by atoms with Crippen LogP contribution in [0.1, 0.15) is 5.69 Å². The smallest absolute Gasteiger partial charge is 0.215 e. The van der Waals surface area contributed by atoms with Gasteiger partial charge in [-0.2, -0.15) is 4.52 Å². The van der Waals surface area contributed by atoms with E-state index < -0.39 is 0 Å². The second kappa shape index (κ2) is 2.71. The lowest BCUT2D eigenvalue weighted by molar-refractivity contribution is 0.764. The van der Waals surface area contributed by atoms with Gasteiger partial charge in [0.25, 0.3) is 5.78 Å². The van der Waals surface area contributed by atoms with Crippen LogP contribution < -0.4 is 0 Å². The Bertz CT molecular complexity index is 409. The van der Waals surface area contributed by atoms with Crippen molar-refractivity contribution in [3.63, 3.8) is 0 Å². The molecule has 0 unspecified atom stereocenters. The molecule has 0 spiro atoms. The van der Waals surface area contributed by atoms with Gasteiger partial charge in [0.2, 0.25) is 0 Å². The van der Waals surface area contributed by atoms with E-state index >= 15 is 0 Å². The summed E-state index contributed by atoms with van der Waals surface area (Å²) < 4.78 is 1.62. The predicted octanol–water partition coefficient (Wildman–Crippen LogP) is 0.550. The Morgan fingerprint density at radius 2 is 2.33 bits per heavy atom. The number of thioether (sulfide) groups is 1. The molecule has 0 fully saturated rings. The van der Waals surface area contributed by atoms with Crippen molar-refractivity contribution in [1.29, 1.82) is 0 Å². The van der Waals surface area contributed by atoms with Crippen LogP contribution >= 0.6 is 11.8 Å². The molecule has 2 aromatic rings. The Kier molecular flexibility index (Phi) is 1.69. The van der Waals surface area contributed by atoms with E-state index in [0.717, 1.165) is 10.7 Å². The maximum Gasteiger partial charge on any atom is 0.274 e. The Morgan fingerprint density at radius 3 is 3.08 bits per heavy atom. The molecule has 0 saturated carbocycles. The number of hydrogen-bond acceptors (Lipinski definition) is 5. The van der Waals surface area contributed by atoms with Crippen molar-refractivity contribution in [3.05, 3.63) is 11.8 Å². The van der Waals surface area contributed by atoms with Gasteiger partial charge >= 0.3 is 0 Å². The van der Waals surface area contributed by atoms with E-state index in [1.807, 2.05) is 19.2 Å². The molecule has 0 aliphatic rings. The van der Waals surface area contributed by atoms with Gasteiger partial charge in [-0.15, -0.1) is 11.8 Å². The number of tetrazole rings is 1. The molecule has 5 nitrogen and oxygen atoms in total. The highest BCUT2D eigenvalue weighted by molar-refractivity contribution is 7.98. The third-order valence-electron chi connectivity index (χ3n) is 1.48.